The number of aromatic amines is 1. The Bertz CT molecular complexity index is 786. The third-order valence-corrected chi connectivity index (χ3v) is 4.89. The molecule has 0 radical (unpaired) electrons. The molecule has 3 rings (SSSR count). The molecule has 3 nitrogen and oxygen atoms in total. The maximum Gasteiger partial charge on any atom is 0.141 e. The first-order chi connectivity index (χ1) is 8.97. The van der Waals surface area contributed by atoms with Crippen molar-refractivity contribution in [3.05, 3.63) is 32.6 Å². The summed E-state index contributed by atoms with van der Waals surface area (Å²) in [5, 5.41) is 0.825. The van der Waals surface area contributed by atoms with Gasteiger partial charge in [0.25, 0.3) is 0 Å². The van der Waals surface area contributed by atoms with Gasteiger partial charge in [0.15, 0.2) is 0 Å². The number of anilines is 1. The molecule has 98 valence electrons. The molecule has 0 aliphatic carbocycles. The fourth-order valence-corrected chi connectivity index (χ4v) is 3.82. The predicted molar refractivity (Wildman–Crippen MR) is 85.7 cm³/mol. The lowest BCUT2D eigenvalue weighted by Gasteiger charge is -1.97. The number of rotatable bonds is 1. The van der Waals surface area contributed by atoms with Crippen molar-refractivity contribution < 1.29 is 0 Å². The van der Waals surface area contributed by atoms with Crippen LogP contribution in [0.15, 0.2) is 16.6 Å². The Kier molecular flexibility index (Phi) is 2.91. The number of halogens is 1. The Labute approximate surface area is 124 Å². The van der Waals surface area contributed by atoms with Gasteiger partial charge < -0.3 is 10.7 Å². The lowest BCUT2D eigenvalue weighted by atomic mass is 10.1. The first-order valence-corrected chi connectivity index (χ1v) is 7.60. The SMILES string of the molecule is Cc1sc(N)c(-c2nc3c(C)cc(Br)cc3[nH]2)c1C. The number of hydrogen-bond donors (Lipinski definition) is 2. The van der Waals surface area contributed by atoms with Crippen LogP contribution >= 0.6 is 27.3 Å². The van der Waals surface area contributed by atoms with Gasteiger partial charge in [-0.1, -0.05) is 15.9 Å². The highest BCUT2D eigenvalue weighted by molar-refractivity contribution is 9.10. The van der Waals surface area contributed by atoms with Gasteiger partial charge in [-0.2, -0.15) is 0 Å². The second-order valence-corrected chi connectivity index (χ2v) is 6.90. The third-order valence-electron chi connectivity index (χ3n) is 3.39. The van der Waals surface area contributed by atoms with Crippen molar-refractivity contribution in [1.82, 2.24) is 9.97 Å². The fourth-order valence-electron chi connectivity index (χ4n) is 2.31. The van der Waals surface area contributed by atoms with Crippen LogP contribution < -0.4 is 5.73 Å². The molecular weight excluding hydrogens is 322 g/mol. The molecule has 0 atom stereocenters. The normalized spacial score (nSPS) is 11.4. The van der Waals surface area contributed by atoms with E-state index in [0.29, 0.717) is 0 Å². The Balaban J connectivity index is 2.29. The minimum atomic E-state index is 0.825. The summed E-state index contributed by atoms with van der Waals surface area (Å²) in [6.45, 7) is 6.24. The van der Waals surface area contributed by atoms with E-state index in [1.807, 2.05) is 6.07 Å². The molecule has 0 spiro atoms. The smallest absolute Gasteiger partial charge is 0.141 e. The Hall–Kier alpha value is -1.33. The first kappa shape index (κ1) is 12.7. The number of aromatic nitrogens is 2. The zero-order valence-electron chi connectivity index (χ0n) is 11.0. The number of thiophene rings is 1. The number of nitrogens with two attached hydrogens (primary N) is 1. The van der Waals surface area contributed by atoms with E-state index < -0.39 is 0 Å². The number of imidazole rings is 1. The highest BCUT2D eigenvalue weighted by Crippen LogP contribution is 2.37. The number of aryl methyl sites for hydroxylation is 2. The van der Waals surface area contributed by atoms with Crippen LogP contribution in [0.1, 0.15) is 16.0 Å². The molecule has 1 aromatic carbocycles. The maximum atomic E-state index is 6.11. The fraction of sp³-hybridized carbons (Fsp3) is 0.214. The minimum absolute atomic E-state index is 0.825. The van der Waals surface area contributed by atoms with E-state index in [1.165, 1.54) is 10.4 Å². The molecule has 3 N–H and O–H groups in total. The maximum absolute atomic E-state index is 6.11. The molecule has 0 amide bonds. The number of nitrogen functional groups attached to an aromatic ring is 1. The molecule has 19 heavy (non-hydrogen) atoms. The van der Waals surface area contributed by atoms with Gasteiger partial charge in [-0.25, -0.2) is 4.98 Å². The number of fused-ring (bicyclic) bond motifs is 1. The van der Waals surface area contributed by atoms with Crippen LogP contribution in [0.2, 0.25) is 0 Å². The average Bonchev–Trinajstić information content (AvgIpc) is 2.81. The first-order valence-electron chi connectivity index (χ1n) is 5.99. The van der Waals surface area contributed by atoms with Crippen LogP contribution in [0.3, 0.4) is 0 Å². The lowest BCUT2D eigenvalue weighted by molar-refractivity contribution is 1.31. The van der Waals surface area contributed by atoms with Gasteiger partial charge in [-0.15, -0.1) is 11.3 Å². The van der Waals surface area contributed by atoms with Crippen molar-refractivity contribution >= 4 is 43.3 Å². The van der Waals surface area contributed by atoms with E-state index >= 15 is 0 Å². The molecule has 0 aliphatic rings. The van der Waals surface area contributed by atoms with Crippen molar-refractivity contribution in [3.63, 3.8) is 0 Å². The average molecular weight is 336 g/mol. The largest absolute Gasteiger partial charge is 0.390 e. The van der Waals surface area contributed by atoms with Gasteiger partial charge in [0.1, 0.15) is 5.82 Å². The van der Waals surface area contributed by atoms with Crippen LogP contribution in [-0.4, -0.2) is 9.97 Å². The molecule has 0 saturated carbocycles. The highest BCUT2D eigenvalue weighted by Gasteiger charge is 2.16. The zero-order chi connectivity index (χ0) is 13.7. The summed E-state index contributed by atoms with van der Waals surface area (Å²) in [6.07, 6.45) is 0. The van der Waals surface area contributed by atoms with Crippen molar-refractivity contribution in [2.75, 3.05) is 5.73 Å². The molecule has 0 fully saturated rings. The summed E-state index contributed by atoms with van der Waals surface area (Å²) in [7, 11) is 0. The Morgan fingerprint density at radius 3 is 2.63 bits per heavy atom. The van der Waals surface area contributed by atoms with Crippen LogP contribution in [0, 0.1) is 20.8 Å². The van der Waals surface area contributed by atoms with E-state index in [-0.39, 0.29) is 0 Å². The Morgan fingerprint density at radius 2 is 2.00 bits per heavy atom. The summed E-state index contributed by atoms with van der Waals surface area (Å²) in [6, 6.07) is 4.12. The predicted octanol–water partition coefficient (Wildman–Crippen LogP) is 4.56. The number of benzene rings is 1. The summed E-state index contributed by atoms with van der Waals surface area (Å²) in [4.78, 5) is 9.32. The molecule has 0 bridgehead atoms. The third kappa shape index (κ3) is 1.97. The summed E-state index contributed by atoms with van der Waals surface area (Å²) in [5.74, 6) is 0.857. The minimum Gasteiger partial charge on any atom is -0.390 e. The van der Waals surface area contributed by atoms with Crippen molar-refractivity contribution in [1.29, 1.82) is 0 Å². The van der Waals surface area contributed by atoms with Gasteiger partial charge in [-0.05, 0) is 44.0 Å². The van der Waals surface area contributed by atoms with E-state index in [9.17, 15) is 0 Å². The van der Waals surface area contributed by atoms with Crippen LogP contribution in [0.5, 0.6) is 0 Å². The molecule has 0 unspecified atom stereocenters. The monoisotopic (exact) mass is 335 g/mol. The number of nitrogens with one attached hydrogen (secondary N) is 1. The van der Waals surface area contributed by atoms with Gasteiger partial charge in [0, 0.05) is 9.35 Å². The number of H-pyrrole nitrogens is 1. The van der Waals surface area contributed by atoms with E-state index in [0.717, 1.165) is 37.5 Å². The second-order valence-electron chi connectivity index (χ2n) is 4.73. The molecular formula is C14H14BrN3S. The summed E-state index contributed by atoms with van der Waals surface area (Å²) >= 11 is 5.13. The Morgan fingerprint density at radius 1 is 1.26 bits per heavy atom. The molecule has 5 heteroatoms. The van der Waals surface area contributed by atoms with Crippen molar-refractivity contribution in [2.45, 2.75) is 20.8 Å². The van der Waals surface area contributed by atoms with E-state index in [2.05, 4.69) is 47.8 Å². The molecule has 3 aromatic rings. The zero-order valence-corrected chi connectivity index (χ0v) is 13.4. The van der Waals surface area contributed by atoms with Crippen LogP contribution in [-0.2, 0) is 0 Å². The van der Waals surface area contributed by atoms with Gasteiger partial charge >= 0.3 is 0 Å². The van der Waals surface area contributed by atoms with Crippen molar-refractivity contribution in [2.24, 2.45) is 0 Å². The van der Waals surface area contributed by atoms with Gasteiger partial charge in [0.05, 0.1) is 21.6 Å². The molecule has 2 heterocycles. The number of hydrogen-bond acceptors (Lipinski definition) is 3. The summed E-state index contributed by atoms with van der Waals surface area (Å²) < 4.78 is 1.05. The number of nitrogens with zero attached hydrogens (tertiary/aromatic N) is 1. The standard InChI is InChI=1S/C14H14BrN3S/c1-6-4-9(15)5-10-12(6)18-14(17-10)11-7(2)8(3)19-13(11)16/h4-5H,16H2,1-3H3,(H,17,18). The van der Waals surface area contributed by atoms with Crippen LogP contribution in [0.25, 0.3) is 22.4 Å². The second kappa shape index (κ2) is 4.35. The topological polar surface area (TPSA) is 54.7 Å². The molecule has 2 aromatic heterocycles. The van der Waals surface area contributed by atoms with Crippen molar-refractivity contribution in [3.8, 4) is 11.4 Å². The van der Waals surface area contributed by atoms with E-state index in [4.69, 9.17) is 10.7 Å². The lowest BCUT2D eigenvalue weighted by Crippen LogP contribution is -1.87. The highest BCUT2D eigenvalue weighted by atomic mass is 79.9. The quantitative estimate of drug-likeness (QED) is 0.684. The van der Waals surface area contributed by atoms with Gasteiger partial charge in [-0.3, -0.25) is 0 Å². The van der Waals surface area contributed by atoms with E-state index in [1.54, 1.807) is 11.3 Å². The van der Waals surface area contributed by atoms with Crippen LogP contribution in [0.4, 0.5) is 5.00 Å². The van der Waals surface area contributed by atoms with Gasteiger partial charge in [0.2, 0.25) is 0 Å². The summed E-state index contributed by atoms with van der Waals surface area (Å²) in [5.41, 5.74) is 11.5. The molecule has 0 saturated heterocycles. The molecule has 0 aliphatic heterocycles.